The zero-order valence-electron chi connectivity index (χ0n) is 26.2. The van der Waals surface area contributed by atoms with Gasteiger partial charge < -0.3 is 14.5 Å². The highest BCUT2D eigenvalue weighted by atomic mass is 35.5. The van der Waals surface area contributed by atoms with Gasteiger partial charge in [0.2, 0.25) is 0 Å². The van der Waals surface area contributed by atoms with E-state index in [4.69, 9.17) is 21.2 Å². The van der Waals surface area contributed by atoms with E-state index in [1.165, 1.54) is 47.9 Å². The Balaban J connectivity index is 0.957. The average molecular weight is 623 g/mol. The van der Waals surface area contributed by atoms with E-state index < -0.39 is 0 Å². The second-order valence-corrected chi connectivity index (χ2v) is 14.9. The highest BCUT2D eigenvalue weighted by Gasteiger charge is 2.46. The van der Waals surface area contributed by atoms with Crippen molar-refractivity contribution < 1.29 is 9.57 Å². The first-order valence-corrected chi connectivity index (χ1v) is 16.9. The number of halogens is 1. The quantitative estimate of drug-likeness (QED) is 0.243. The molecule has 2 fully saturated rings. The summed E-state index contributed by atoms with van der Waals surface area (Å²) in [7, 11) is 1.98. The minimum absolute atomic E-state index is 0.126. The highest BCUT2D eigenvalue weighted by molar-refractivity contribution is 6.35. The molecule has 1 saturated heterocycles. The first-order valence-electron chi connectivity index (χ1n) is 16.5. The van der Waals surface area contributed by atoms with Crippen molar-refractivity contribution in [3.63, 3.8) is 0 Å². The lowest BCUT2D eigenvalue weighted by Gasteiger charge is -2.44. The molecule has 1 aliphatic carbocycles. The number of aromatic nitrogens is 2. The van der Waals surface area contributed by atoms with Crippen LogP contribution in [0.4, 0.5) is 0 Å². The fourth-order valence-corrected chi connectivity index (χ4v) is 9.43. The molecule has 3 aromatic carbocycles. The number of fused-ring (bicyclic) bond motifs is 9. The van der Waals surface area contributed by atoms with E-state index in [1.54, 1.807) is 6.07 Å². The van der Waals surface area contributed by atoms with Gasteiger partial charge >= 0.3 is 0 Å². The van der Waals surface area contributed by atoms with Crippen LogP contribution in [0.5, 0.6) is 11.5 Å². The second kappa shape index (κ2) is 9.81. The molecule has 45 heavy (non-hydrogen) atoms. The van der Waals surface area contributed by atoms with Crippen LogP contribution in [0.2, 0.25) is 5.02 Å². The number of hydrogen-bond acceptors (Lipinski definition) is 6. The predicted molar refractivity (Wildman–Crippen MR) is 176 cm³/mol. The summed E-state index contributed by atoms with van der Waals surface area (Å²) in [5.74, 6) is 3.35. The van der Waals surface area contributed by atoms with E-state index in [0.717, 1.165) is 67.6 Å². The smallest absolute Gasteiger partial charge is 0.282 e. The maximum absolute atomic E-state index is 13.1. The molecule has 1 saturated carbocycles. The molecule has 0 bridgehead atoms. The Morgan fingerprint density at radius 3 is 2.71 bits per heavy atom. The lowest BCUT2D eigenvalue weighted by molar-refractivity contribution is -0.0138. The van der Waals surface area contributed by atoms with Gasteiger partial charge in [0.05, 0.1) is 45.7 Å². The molecule has 4 aliphatic heterocycles. The number of ether oxygens (including phenoxy) is 1. The molecule has 9 rings (SSSR count). The van der Waals surface area contributed by atoms with Gasteiger partial charge in [-0.05, 0) is 100 Å². The summed E-state index contributed by atoms with van der Waals surface area (Å²) in [5.41, 5.74) is 6.70. The van der Waals surface area contributed by atoms with Crippen molar-refractivity contribution >= 4 is 22.5 Å². The summed E-state index contributed by atoms with van der Waals surface area (Å²) in [5, 5.41) is 2.83. The summed E-state index contributed by atoms with van der Waals surface area (Å²) in [6.45, 7) is 8.20. The third-order valence-corrected chi connectivity index (χ3v) is 12.0. The molecule has 5 aliphatic rings. The lowest BCUT2D eigenvalue weighted by atomic mass is 9.72. The molecule has 2 atom stereocenters. The van der Waals surface area contributed by atoms with Crippen molar-refractivity contribution in [2.24, 2.45) is 0 Å². The van der Waals surface area contributed by atoms with E-state index in [-0.39, 0.29) is 16.4 Å². The fraction of sp³-hybridized carbons (Fsp3) is 0.459. The molecule has 5 heterocycles. The van der Waals surface area contributed by atoms with Gasteiger partial charge in [0.15, 0.2) is 5.75 Å². The zero-order valence-corrected chi connectivity index (χ0v) is 27.0. The molecule has 1 aromatic heterocycles. The summed E-state index contributed by atoms with van der Waals surface area (Å²) < 4.78 is 8.55. The van der Waals surface area contributed by atoms with Gasteiger partial charge in [-0.3, -0.25) is 9.36 Å². The van der Waals surface area contributed by atoms with Gasteiger partial charge in [-0.15, -0.1) is 5.06 Å². The maximum atomic E-state index is 13.1. The van der Waals surface area contributed by atoms with Crippen LogP contribution in [0.1, 0.15) is 86.4 Å². The van der Waals surface area contributed by atoms with Crippen LogP contribution < -0.4 is 15.1 Å². The number of rotatable bonds is 2. The fourth-order valence-electron chi connectivity index (χ4n) is 9.18. The van der Waals surface area contributed by atoms with Gasteiger partial charge in [0.25, 0.3) is 5.56 Å². The number of likely N-dealkylation sites (tertiary alicyclic amines) is 1. The molecule has 0 amide bonds. The Kier molecular flexibility index (Phi) is 6.08. The van der Waals surface area contributed by atoms with E-state index in [2.05, 4.69) is 58.6 Å². The Labute approximate surface area is 268 Å². The highest BCUT2D eigenvalue weighted by Crippen LogP contribution is 2.51. The van der Waals surface area contributed by atoms with E-state index in [9.17, 15) is 4.79 Å². The molecule has 1 spiro atoms. The SMILES string of the molecule is CN1Cc2c(ccc3c2OCC32CCN(C3CCCC(c4ccc5c(c4)C(C)(C)c4nc(=O)c6c(Cl)cccc6n4-5)C3)CC2)O1. The van der Waals surface area contributed by atoms with Gasteiger partial charge in [-0.1, -0.05) is 42.3 Å². The number of hydroxylamine groups is 2. The van der Waals surface area contributed by atoms with Crippen molar-refractivity contribution in [2.75, 3.05) is 26.7 Å². The summed E-state index contributed by atoms with van der Waals surface area (Å²) >= 11 is 6.48. The van der Waals surface area contributed by atoms with Gasteiger partial charge in [-0.25, -0.2) is 0 Å². The van der Waals surface area contributed by atoms with Crippen molar-refractivity contribution in [3.05, 3.63) is 92.0 Å². The third kappa shape index (κ3) is 4.03. The lowest BCUT2D eigenvalue weighted by Crippen LogP contribution is -2.48. The Morgan fingerprint density at radius 1 is 1.02 bits per heavy atom. The summed E-state index contributed by atoms with van der Waals surface area (Å²) in [4.78, 5) is 26.3. The molecule has 232 valence electrons. The van der Waals surface area contributed by atoms with Crippen molar-refractivity contribution in [3.8, 4) is 17.2 Å². The largest absolute Gasteiger partial charge is 0.492 e. The van der Waals surface area contributed by atoms with Crippen LogP contribution >= 0.6 is 11.6 Å². The minimum atomic E-state index is -0.377. The van der Waals surface area contributed by atoms with Crippen LogP contribution in [0.15, 0.2) is 53.3 Å². The normalized spacial score (nSPS) is 24.6. The number of nitrogens with zero attached hydrogens (tertiary/aromatic N) is 4. The Hall–Kier alpha value is -3.39. The molecule has 4 aromatic rings. The van der Waals surface area contributed by atoms with Crippen LogP contribution in [-0.2, 0) is 17.4 Å². The van der Waals surface area contributed by atoms with Crippen LogP contribution in [-0.4, -0.2) is 52.3 Å². The molecule has 8 heteroatoms. The minimum Gasteiger partial charge on any atom is -0.492 e. The average Bonchev–Trinajstić information content (AvgIpc) is 3.67. The third-order valence-electron chi connectivity index (χ3n) is 11.7. The van der Waals surface area contributed by atoms with Gasteiger partial charge in [0.1, 0.15) is 11.6 Å². The summed E-state index contributed by atoms with van der Waals surface area (Å²) in [6.07, 6.45) is 7.23. The molecule has 2 unspecified atom stereocenters. The zero-order chi connectivity index (χ0) is 30.7. The predicted octanol–water partition coefficient (Wildman–Crippen LogP) is 6.87. The molecule has 0 N–H and O–H groups in total. The standard InChI is InChI=1S/C37H39ClN4O3/c1-36(2)27-19-23(10-12-29(27)42-30-9-5-8-28(38)32(30)34(43)39-35(36)42)22-6-4-7-24(18-22)41-16-14-37(15-17-41)21-44-33-25-20-40(3)45-31(25)13-11-26(33)37/h5,8-13,19,22,24H,4,6-7,14-18,20-21H2,1-3H3. The van der Waals surface area contributed by atoms with Crippen LogP contribution in [0.3, 0.4) is 0 Å². The number of piperidine rings is 1. The topological polar surface area (TPSA) is 59.8 Å². The first-order chi connectivity index (χ1) is 21.7. The number of hydrogen-bond donors (Lipinski definition) is 0. The van der Waals surface area contributed by atoms with E-state index >= 15 is 0 Å². The molecule has 7 nitrogen and oxygen atoms in total. The van der Waals surface area contributed by atoms with E-state index in [0.29, 0.717) is 22.4 Å². The molecular formula is C37H39ClN4O3. The first kappa shape index (κ1) is 27.9. The van der Waals surface area contributed by atoms with Crippen LogP contribution in [0, 0.1) is 0 Å². The Bertz CT molecular complexity index is 1940. The monoisotopic (exact) mass is 622 g/mol. The van der Waals surface area contributed by atoms with E-state index in [1.807, 2.05) is 24.2 Å². The van der Waals surface area contributed by atoms with Crippen molar-refractivity contribution in [2.45, 2.75) is 81.7 Å². The van der Waals surface area contributed by atoms with Gasteiger partial charge in [-0.2, -0.15) is 4.98 Å². The van der Waals surface area contributed by atoms with Crippen molar-refractivity contribution in [1.29, 1.82) is 0 Å². The number of benzene rings is 3. The van der Waals surface area contributed by atoms with Crippen molar-refractivity contribution in [1.82, 2.24) is 19.5 Å². The Morgan fingerprint density at radius 2 is 1.87 bits per heavy atom. The van der Waals surface area contributed by atoms with Crippen LogP contribution in [0.25, 0.3) is 16.6 Å². The van der Waals surface area contributed by atoms with Gasteiger partial charge in [0, 0.05) is 24.1 Å². The second-order valence-electron chi connectivity index (χ2n) is 14.5. The molecular weight excluding hydrogens is 584 g/mol. The summed E-state index contributed by atoms with van der Waals surface area (Å²) in [6, 6.07) is 17.7. The maximum Gasteiger partial charge on any atom is 0.282 e. The molecule has 0 radical (unpaired) electrons.